The van der Waals surface area contributed by atoms with Gasteiger partial charge in [-0.25, -0.2) is 4.39 Å². The number of carboxylic acid groups (broad SMARTS) is 1. The van der Waals surface area contributed by atoms with Crippen LogP contribution in [0.2, 0.25) is 0 Å². The van der Waals surface area contributed by atoms with Gasteiger partial charge in [0, 0.05) is 5.92 Å². The Kier molecular flexibility index (Phi) is 3.61. The first-order valence-electron chi connectivity index (χ1n) is 5.81. The van der Waals surface area contributed by atoms with Crippen LogP contribution in [-0.4, -0.2) is 16.2 Å². The number of hydrogen-bond acceptors (Lipinski definition) is 2. The lowest BCUT2D eigenvalue weighted by Crippen LogP contribution is -2.10. The van der Waals surface area contributed by atoms with Crippen molar-refractivity contribution < 1.29 is 19.4 Å². The predicted octanol–water partition coefficient (Wildman–Crippen LogP) is 3.57. The van der Waals surface area contributed by atoms with Gasteiger partial charge < -0.3 is 10.2 Å². The van der Waals surface area contributed by atoms with Gasteiger partial charge in [0.15, 0.2) is 11.6 Å². The zero-order chi connectivity index (χ0) is 13.4. The number of hydrogen-bond donors (Lipinski definition) is 2. The number of halogens is 2. The second kappa shape index (κ2) is 4.88. The van der Waals surface area contributed by atoms with Gasteiger partial charge >= 0.3 is 5.97 Å². The zero-order valence-corrected chi connectivity index (χ0v) is 11.5. The maximum Gasteiger partial charge on any atom is 0.303 e. The largest absolute Gasteiger partial charge is 0.504 e. The minimum atomic E-state index is -0.939. The highest BCUT2D eigenvalue weighted by Crippen LogP contribution is 2.47. The molecule has 0 aliphatic heterocycles. The summed E-state index contributed by atoms with van der Waals surface area (Å²) >= 11 is 3.11. The third-order valence-corrected chi connectivity index (χ3v) is 4.37. The summed E-state index contributed by atoms with van der Waals surface area (Å²) in [7, 11) is 0. The van der Waals surface area contributed by atoms with E-state index in [0.29, 0.717) is 15.6 Å². The van der Waals surface area contributed by atoms with E-state index >= 15 is 0 Å². The predicted molar refractivity (Wildman–Crippen MR) is 68.2 cm³/mol. The summed E-state index contributed by atoms with van der Waals surface area (Å²) < 4.78 is 14.4. The van der Waals surface area contributed by atoms with E-state index in [4.69, 9.17) is 5.11 Å². The van der Waals surface area contributed by atoms with Crippen molar-refractivity contribution in [1.82, 2.24) is 0 Å². The van der Waals surface area contributed by atoms with Gasteiger partial charge in [-0.3, -0.25) is 4.79 Å². The molecule has 5 heteroatoms. The first-order chi connectivity index (χ1) is 8.41. The van der Waals surface area contributed by atoms with Crippen molar-refractivity contribution in [3.63, 3.8) is 0 Å². The van der Waals surface area contributed by atoms with Gasteiger partial charge in [-0.1, -0.05) is 6.07 Å². The molecule has 1 unspecified atom stereocenters. The Morgan fingerprint density at radius 1 is 1.61 bits per heavy atom. The highest BCUT2D eigenvalue weighted by atomic mass is 79.9. The van der Waals surface area contributed by atoms with E-state index in [9.17, 15) is 14.3 Å². The smallest absolute Gasteiger partial charge is 0.303 e. The highest BCUT2D eigenvalue weighted by molar-refractivity contribution is 9.10. The molecule has 0 bridgehead atoms. The van der Waals surface area contributed by atoms with Crippen molar-refractivity contribution in [1.29, 1.82) is 0 Å². The number of aromatic hydroxyl groups is 1. The highest BCUT2D eigenvalue weighted by Gasteiger charge is 2.36. The van der Waals surface area contributed by atoms with Gasteiger partial charge in [-0.05, 0) is 52.7 Å². The van der Waals surface area contributed by atoms with E-state index in [2.05, 4.69) is 15.9 Å². The molecule has 2 rings (SSSR count). The second-order valence-electron chi connectivity index (χ2n) is 4.80. The van der Waals surface area contributed by atoms with Gasteiger partial charge in [0.2, 0.25) is 0 Å². The quantitative estimate of drug-likeness (QED) is 0.892. The Balaban J connectivity index is 2.44. The summed E-state index contributed by atoms with van der Waals surface area (Å²) in [6.45, 7) is 1.75. The minimum Gasteiger partial charge on any atom is -0.504 e. The van der Waals surface area contributed by atoms with Crippen molar-refractivity contribution in [2.45, 2.75) is 32.1 Å². The molecule has 0 radical (unpaired) electrons. The van der Waals surface area contributed by atoms with Crippen LogP contribution in [-0.2, 0) is 4.79 Å². The van der Waals surface area contributed by atoms with Gasteiger partial charge in [0.1, 0.15) is 0 Å². The molecule has 1 aliphatic carbocycles. The molecule has 3 nitrogen and oxygen atoms in total. The molecule has 2 N–H and O–H groups in total. The molecular weight excluding hydrogens is 303 g/mol. The molecule has 0 saturated heterocycles. The molecule has 1 atom stereocenters. The Bertz CT molecular complexity index is 497. The van der Waals surface area contributed by atoms with Crippen LogP contribution in [0.5, 0.6) is 5.75 Å². The van der Waals surface area contributed by atoms with Crippen LogP contribution < -0.4 is 0 Å². The topological polar surface area (TPSA) is 57.5 Å². The molecule has 18 heavy (non-hydrogen) atoms. The van der Waals surface area contributed by atoms with Crippen LogP contribution in [0.15, 0.2) is 10.5 Å². The summed E-state index contributed by atoms with van der Waals surface area (Å²) in [4.78, 5) is 10.9. The molecule has 1 aromatic rings. The standard InChI is InChI=1S/C13H14BrFO3/c1-6-4-9(12(15)13(18)11(6)14)8(5-10(16)17)7-2-3-7/h4,7-8,18H,2-3,5H2,1H3,(H,16,17). The van der Waals surface area contributed by atoms with Gasteiger partial charge in [-0.15, -0.1) is 0 Å². The van der Waals surface area contributed by atoms with Crippen molar-refractivity contribution in [2.24, 2.45) is 5.92 Å². The fourth-order valence-electron chi connectivity index (χ4n) is 2.27. The monoisotopic (exact) mass is 316 g/mol. The summed E-state index contributed by atoms with van der Waals surface area (Å²) in [6, 6.07) is 1.63. The first-order valence-corrected chi connectivity index (χ1v) is 6.60. The van der Waals surface area contributed by atoms with Crippen molar-refractivity contribution in [2.75, 3.05) is 0 Å². The number of phenolic OH excluding ortho intramolecular Hbond substituents is 1. The molecule has 1 saturated carbocycles. The number of phenols is 1. The zero-order valence-electron chi connectivity index (χ0n) is 9.91. The fourth-order valence-corrected chi connectivity index (χ4v) is 2.56. The summed E-state index contributed by atoms with van der Waals surface area (Å²) in [6.07, 6.45) is 1.75. The second-order valence-corrected chi connectivity index (χ2v) is 5.59. The van der Waals surface area contributed by atoms with E-state index in [1.54, 1.807) is 13.0 Å². The summed E-state index contributed by atoms with van der Waals surface area (Å²) in [5.74, 6) is -2.20. The average molecular weight is 317 g/mol. The molecule has 0 heterocycles. The number of benzene rings is 1. The normalized spacial score (nSPS) is 16.6. The lowest BCUT2D eigenvalue weighted by Gasteiger charge is -2.17. The first kappa shape index (κ1) is 13.3. The SMILES string of the molecule is Cc1cc(C(CC(=O)O)C2CC2)c(F)c(O)c1Br. The Morgan fingerprint density at radius 2 is 2.22 bits per heavy atom. The van der Waals surface area contributed by atoms with Crippen LogP contribution in [0, 0.1) is 18.7 Å². The van der Waals surface area contributed by atoms with Crippen molar-refractivity contribution in [3.8, 4) is 5.75 Å². The lowest BCUT2D eigenvalue weighted by molar-refractivity contribution is -0.137. The van der Waals surface area contributed by atoms with Crippen molar-refractivity contribution >= 4 is 21.9 Å². The maximum atomic E-state index is 14.1. The Hall–Kier alpha value is -1.10. The van der Waals surface area contributed by atoms with E-state index in [-0.39, 0.29) is 18.3 Å². The average Bonchev–Trinajstić information content (AvgIpc) is 3.12. The van der Waals surface area contributed by atoms with E-state index < -0.39 is 17.5 Å². The third kappa shape index (κ3) is 2.51. The molecule has 0 amide bonds. The van der Waals surface area contributed by atoms with E-state index in [1.165, 1.54) is 0 Å². The summed E-state index contributed by atoms with van der Waals surface area (Å²) in [5.41, 5.74) is 1.03. The molecule has 1 aliphatic rings. The number of carboxylic acids is 1. The molecule has 1 aromatic carbocycles. The molecule has 1 fully saturated rings. The lowest BCUT2D eigenvalue weighted by atomic mass is 9.89. The van der Waals surface area contributed by atoms with E-state index in [0.717, 1.165) is 12.8 Å². The molecule has 98 valence electrons. The van der Waals surface area contributed by atoms with Crippen LogP contribution >= 0.6 is 15.9 Å². The van der Waals surface area contributed by atoms with Gasteiger partial charge in [-0.2, -0.15) is 0 Å². The molecule has 0 aromatic heterocycles. The number of aliphatic carboxylic acids is 1. The third-order valence-electron chi connectivity index (χ3n) is 3.37. The number of carbonyl (C=O) groups is 1. The van der Waals surface area contributed by atoms with Crippen LogP contribution in [0.25, 0.3) is 0 Å². The van der Waals surface area contributed by atoms with Crippen LogP contribution in [0.3, 0.4) is 0 Å². The number of aryl methyl sites for hydroxylation is 1. The van der Waals surface area contributed by atoms with Crippen LogP contribution in [0.1, 0.15) is 36.3 Å². The fraction of sp³-hybridized carbons (Fsp3) is 0.462. The van der Waals surface area contributed by atoms with Gasteiger partial charge in [0.25, 0.3) is 0 Å². The maximum absolute atomic E-state index is 14.1. The summed E-state index contributed by atoms with van der Waals surface area (Å²) in [5, 5.41) is 18.6. The van der Waals surface area contributed by atoms with Crippen molar-refractivity contribution in [3.05, 3.63) is 27.5 Å². The molecule has 0 spiro atoms. The number of rotatable bonds is 4. The van der Waals surface area contributed by atoms with E-state index in [1.807, 2.05) is 0 Å². The molecular formula is C13H14BrFO3. The van der Waals surface area contributed by atoms with Gasteiger partial charge in [0.05, 0.1) is 10.9 Å². The Morgan fingerprint density at radius 3 is 2.72 bits per heavy atom. The Labute approximate surface area is 113 Å². The van der Waals surface area contributed by atoms with Crippen LogP contribution in [0.4, 0.5) is 4.39 Å². The minimum absolute atomic E-state index is 0.0951.